The van der Waals surface area contributed by atoms with E-state index >= 15 is 0 Å². The number of carbonyl (C=O) groups excluding carboxylic acids is 1. The van der Waals surface area contributed by atoms with Crippen molar-refractivity contribution in [3.8, 4) is 11.5 Å². The van der Waals surface area contributed by atoms with Crippen molar-refractivity contribution in [3.05, 3.63) is 53.3 Å². The summed E-state index contributed by atoms with van der Waals surface area (Å²) in [4.78, 5) is 12.2. The number of carbonyl (C=O) groups is 1. The largest absolute Gasteiger partial charge is 0.486 e. The van der Waals surface area contributed by atoms with Gasteiger partial charge in [-0.1, -0.05) is 6.07 Å². The van der Waals surface area contributed by atoms with Crippen LogP contribution >= 0.6 is 0 Å². The molecule has 26 heavy (non-hydrogen) atoms. The normalized spacial score (nSPS) is 16.2. The van der Waals surface area contributed by atoms with E-state index in [9.17, 15) is 17.6 Å². The molecule has 1 saturated carbocycles. The molecule has 1 fully saturated rings. The van der Waals surface area contributed by atoms with Crippen molar-refractivity contribution in [1.29, 1.82) is 0 Å². The van der Waals surface area contributed by atoms with Gasteiger partial charge < -0.3 is 9.47 Å². The van der Waals surface area contributed by atoms with Crippen LogP contribution in [-0.2, 0) is 10.0 Å². The predicted molar refractivity (Wildman–Crippen MR) is 90.5 cm³/mol. The van der Waals surface area contributed by atoms with Crippen LogP contribution in [0.4, 0.5) is 4.39 Å². The molecular weight excluding hydrogens is 361 g/mol. The first-order valence-electron chi connectivity index (χ1n) is 8.21. The molecule has 1 amide bonds. The number of hydrogen-bond acceptors (Lipinski definition) is 5. The number of ether oxygens (including phenoxy) is 2. The Bertz CT molecular complexity index is 985. The molecule has 4 rings (SSSR count). The van der Waals surface area contributed by atoms with Gasteiger partial charge in [0.1, 0.15) is 23.9 Å². The lowest BCUT2D eigenvalue weighted by Gasteiger charge is -2.20. The second-order valence-electron chi connectivity index (χ2n) is 6.23. The summed E-state index contributed by atoms with van der Waals surface area (Å²) < 4.78 is 51.9. The summed E-state index contributed by atoms with van der Waals surface area (Å²) >= 11 is 0. The summed E-state index contributed by atoms with van der Waals surface area (Å²) in [6.45, 7) is 0.540. The lowest BCUT2D eigenvalue weighted by molar-refractivity contribution is 0.0981. The van der Waals surface area contributed by atoms with Crippen LogP contribution in [0.2, 0.25) is 0 Å². The van der Waals surface area contributed by atoms with Gasteiger partial charge in [-0.3, -0.25) is 4.79 Å². The molecule has 0 aromatic heterocycles. The van der Waals surface area contributed by atoms with Gasteiger partial charge in [-0.05, 0) is 54.7 Å². The maximum absolute atomic E-state index is 13.8. The molecule has 8 heteroatoms. The van der Waals surface area contributed by atoms with Crippen LogP contribution in [-0.4, -0.2) is 27.5 Å². The standard InChI is InChI=1S/C18H16FNO5S/c19-14-7-6-12(10-13(14)11-4-5-11)18(21)20-26(22,23)16-3-1-2-15-17(16)25-9-8-24-15/h1-3,6-7,10-11H,4-5,8-9H2,(H,20,21). The minimum Gasteiger partial charge on any atom is -0.486 e. The number of rotatable bonds is 4. The van der Waals surface area contributed by atoms with E-state index in [0.29, 0.717) is 17.9 Å². The van der Waals surface area contributed by atoms with Crippen molar-refractivity contribution in [2.75, 3.05) is 13.2 Å². The second-order valence-corrected chi connectivity index (χ2v) is 7.88. The van der Waals surface area contributed by atoms with E-state index in [1.165, 1.54) is 30.3 Å². The number of fused-ring (bicyclic) bond motifs is 1. The Balaban J connectivity index is 1.62. The van der Waals surface area contributed by atoms with Crippen molar-refractivity contribution < 1.29 is 27.1 Å². The van der Waals surface area contributed by atoms with E-state index in [4.69, 9.17) is 9.47 Å². The minimum atomic E-state index is -4.18. The van der Waals surface area contributed by atoms with Gasteiger partial charge in [0.2, 0.25) is 0 Å². The zero-order chi connectivity index (χ0) is 18.3. The van der Waals surface area contributed by atoms with Gasteiger partial charge in [-0.2, -0.15) is 0 Å². The topological polar surface area (TPSA) is 81.7 Å². The number of hydrogen-bond donors (Lipinski definition) is 1. The molecule has 2 aromatic rings. The second kappa shape index (κ2) is 6.28. The maximum atomic E-state index is 13.8. The van der Waals surface area contributed by atoms with Crippen LogP contribution in [0.25, 0.3) is 0 Å². The van der Waals surface area contributed by atoms with Crippen LogP contribution < -0.4 is 14.2 Å². The van der Waals surface area contributed by atoms with Crippen molar-refractivity contribution >= 4 is 15.9 Å². The number of nitrogens with one attached hydrogen (secondary N) is 1. The zero-order valence-corrected chi connectivity index (χ0v) is 14.5. The molecule has 0 spiro atoms. The van der Waals surface area contributed by atoms with Gasteiger partial charge in [0, 0.05) is 5.56 Å². The van der Waals surface area contributed by atoms with Crippen molar-refractivity contribution in [1.82, 2.24) is 4.72 Å². The molecule has 1 heterocycles. The Labute approximate surface area is 150 Å². The number of halogens is 1. The van der Waals surface area contributed by atoms with Crippen LogP contribution in [0.15, 0.2) is 41.3 Å². The average Bonchev–Trinajstić information content (AvgIpc) is 3.46. The van der Waals surface area contributed by atoms with Crippen LogP contribution in [0, 0.1) is 5.82 Å². The Morgan fingerprint density at radius 2 is 1.88 bits per heavy atom. The third kappa shape index (κ3) is 3.12. The van der Waals surface area contributed by atoms with Gasteiger partial charge in [0.25, 0.3) is 15.9 Å². The summed E-state index contributed by atoms with van der Waals surface area (Å²) in [7, 11) is -4.18. The summed E-state index contributed by atoms with van der Waals surface area (Å²) in [5.74, 6) is -0.705. The van der Waals surface area contributed by atoms with Gasteiger partial charge in [-0.25, -0.2) is 17.5 Å². The van der Waals surface area contributed by atoms with Crippen LogP contribution in [0.3, 0.4) is 0 Å². The first-order chi connectivity index (χ1) is 12.5. The van der Waals surface area contributed by atoms with E-state index < -0.39 is 15.9 Å². The predicted octanol–water partition coefficient (Wildman–Crippen LogP) is 2.59. The molecule has 0 bridgehead atoms. The van der Waals surface area contributed by atoms with Crippen LogP contribution in [0.1, 0.15) is 34.7 Å². The van der Waals surface area contributed by atoms with Gasteiger partial charge >= 0.3 is 0 Å². The van der Waals surface area contributed by atoms with Crippen molar-refractivity contribution in [2.45, 2.75) is 23.7 Å². The fraction of sp³-hybridized carbons (Fsp3) is 0.278. The smallest absolute Gasteiger partial charge is 0.268 e. The highest BCUT2D eigenvalue weighted by molar-refractivity contribution is 7.90. The number of sulfonamides is 1. The number of benzene rings is 2. The third-order valence-electron chi connectivity index (χ3n) is 4.32. The van der Waals surface area contributed by atoms with Crippen molar-refractivity contribution in [2.24, 2.45) is 0 Å². The highest BCUT2D eigenvalue weighted by Crippen LogP contribution is 2.41. The van der Waals surface area contributed by atoms with Gasteiger partial charge in [0.05, 0.1) is 0 Å². The summed E-state index contributed by atoms with van der Waals surface area (Å²) in [5, 5.41) is 0. The van der Waals surface area contributed by atoms with E-state index in [-0.39, 0.29) is 34.6 Å². The Hall–Kier alpha value is -2.61. The SMILES string of the molecule is O=C(NS(=O)(=O)c1cccc2c1OCCO2)c1ccc(F)c(C2CC2)c1. The van der Waals surface area contributed by atoms with E-state index in [1.54, 1.807) is 6.07 Å². The molecule has 0 unspecified atom stereocenters. The molecule has 6 nitrogen and oxygen atoms in total. The molecule has 1 N–H and O–H groups in total. The lowest BCUT2D eigenvalue weighted by Crippen LogP contribution is -2.31. The molecule has 136 valence electrons. The Morgan fingerprint density at radius 3 is 2.65 bits per heavy atom. The van der Waals surface area contributed by atoms with Gasteiger partial charge in [0.15, 0.2) is 11.5 Å². The minimum absolute atomic E-state index is 0.0804. The quantitative estimate of drug-likeness (QED) is 0.886. The number of amides is 1. The van der Waals surface area contributed by atoms with E-state index in [0.717, 1.165) is 12.8 Å². The molecule has 2 aliphatic rings. The third-order valence-corrected chi connectivity index (χ3v) is 5.68. The lowest BCUT2D eigenvalue weighted by atomic mass is 10.1. The molecule has 1 aliphatic carbocycles. The highest BCUT2D eigenvalue weighted by Gasteiger charge is 2.29. The van der Waals surface area contributed by atoms with Gasteiger partial charge in [-0.15, -0.1) is 0 Å². The first kappa shape index (κ1) is 16.8. The Morgan fingerprint density at radius 1 is 1.12 bits per heavy atom. The monoisotopic (exact) mass is 377 g/mol. The maximum Gasteiger partial charge on any atom is 0.268 e. The highest BCUT2D eigenvalue weighted by atomic mass is 32.2. The molecule has 2 aromatic carbocycles. The zero-order valence-electron chi connectivity index (χ0n) is 13.7. The molecule has 0 atom stereocenters. The number of para-hydroxylation sites is 1. The summed E-state index contributed by atoms with van der Waals surface area (Å²) in [6, 6.07) is 8.32. The molecule has 1 aliphatic heterocycles. The average molecular weight is 377 g/mol. The first-order valence-corrected chi connectivity index (χ1v) is 9.69. The van der Waals surface area contributed by atoms with E-state index in [1.807, 2.05) is 4.72 Å². The Kier molecular flexibility index (Phi) is 4.07. The summed E-state index contributed by atoms with van der Waals surface area (Å²) in [6.07, 6.45) is 1.74. The molecule has 0 saturated heterocycles. The fourth-order valence-electron chi connectivity index (χ4n) is 2.89. The summed E-state index contributed by atoms with van der Waals surface area (Å²) in [5.41, 5.74) is 0.544. The molecule has 0 radical (unpaired) electrons. The van der Waals surface area contributed by atoms with Crippen molar-refractivity contribution in [3.63, 3.8) is 0 Å². The molecular formula is C18H16FNO5S. The van der Waals surface area contributed by atoms with E-state index in [2.05, 4.69) is 0 Å². The van der Waals surface area contributed by atoms with Crippen LogP contribution in [0.5, 0.6) is 11.5 Å². The fourth-order valence-corrected chi connectivity index (χ4v) is 4.02.